The first-order valence-corrected chi connectivity index (χ1v) is 11.2. The van der Waals surface area contributed by atoms with Crippen LogP contribution in [0.2, 0.25) is 0 Å². The van der Waals surface area contributed by atoms with Gasteiger partial charge in [-0.2, -0.15) is 17.9 Å². The normalized spacial score (nSPS) is 15.0. The molecule has 0 spiro atoms. The molecule has 1 N–H and O–H groups in total. The molecule has 10 heteroatoms. The van der Waals surface area contributed by atoms with Crippen LogP contribution in [0.25, 0.3) is 11.0 Å². The van der Waals surface area contributed by atoms with Gasteiger partial charge in [0.15, 0.2) is 0 Å². The SMILES string of the molecule is COCn1c(=O)n(C(C)C)c2cc(/C=N/NCC3=NS(=O)(=O)c4ccccc43)ccc21. The van der Waals surface area contributed by atoms with E-state index in [0.29, 0.717) is 11.3 Å². The molecule has 1 aliphatic heterocycles. The third-order valence-electron chi connectivity index (χ3n) is 5.02. The molecule has 3 aromatic rings. The van der Waals surface area contributed by atoms with Crippen molar-refractivity contribution in [3.63, 3.8) is 0 Å². The van der Waals surface area contributed by atoms with Crippen LogP contribution in [-0.4, -0.2) is 43.1 Å². The van der Waals surface area contributed by atoms with E-state index >= 15 is 0 Å². The van der Waals surface area contributed by atoms with Gasteiger partial charge < -0.3 is 10.2 Å². The van der Waals surface area contributed by atoms with Crippen molar-refractivity contribution in [1.29, 1.82) is 0 Å². The summed E-state index contributed by atoms with van der Waals surface area (Å²) in [7, 11) is -2.09. The third kappa shape index (κ3) is 3.79. The second-order valence-corrected chi connectivity index (χ2v) is 9.02. The lowest BCUT2D eigenvalue weighted by Crippen LogP contribution is -2.26. The summed E-state index contributed by atoms with van der Waals surface area (Å²) in [6.45, 7) is 4.26. The first-order chi connectivity index (χ1) is 14.8. The van der Waals surface area contributed by atoms with Crippen molar-refractivity contribution < 1.29 is 13.2 Å². The van der Waals surface area contributed by atoms with Crippen molar-refractivity contribution in [3.8, 4) is 0 Å². The Morgan fingerprint density at radius 2 is 1.97 bits per heavy atom. The summed E-state index contributed by atoms with van der Waals surface area (Å²) in [6, 6.07) is 12.3. The Labute approximate surface area is 179 Å². The number of nitrogens with zero attached hydrogens (tertiary/aromatic N) is 4. The summed E-state index contributed by atoms with van der Waals surface area (Å²) < 4.78 is 36.5. The van der Waals surface area contributed by atoms with E-state index in [9.17, 15) is 13.2 Å². The van der Waals surface area contributed by atoms with Crippen LogP contribution in [0.15, 0.2) is 61.7 Å². The Bertz CT molecular complexity index is 1370. The van der Waals surface area contributed by atoms with E-state index in [-0.39, 0.29) is 29.9 Å². The molecule has 4 rings (SSSR count). The van der Waals surface area contributed by atoms with Gasteiger partial charge in [-0.15, -0.1) is 0 Å². The number of rotatable bonds is 7. The molecule has 0 radical (unpaired) electrons. The van der Waals surface area contributed by atoms with Crippen molar-refractivity contribution in [2.24, 2.45) is 9.50 Å². The number of ether oxygens (including phenoxy) is 1. The number of hydrazone groups is 1. The van der Waals surface area contributed by atoms with Crippen LogP contribution in [0.5, 0.6) is 0 Å². The summed E-state index contributed by atoms with van der Waals surface area (Å²) in [4.78, 5) is 12.9. The van der Waals surface area contributed by atoms with Gasteiger partial charge in [0, 0.05) is 18.7 Å². The third-order valence-corrected chi connectivity index (χ3v) is 6.39. The Balaban J connectivity index is 1.56. The Morgan fingerprint density at radius 1 is 1.19 bits per heavy atom. The molecular weight excluding hydrogens is 418 g/mol. The second kappa shape index (κ2) is 8.12. The number of sulfonamides is 1. The molecule has 162 valence electrons. The highest BCUT2D eigenvalue weighted by Gasteiger charge is 2.27. The van der Waals surface area contributed by atoms with Crippen molar-refractivity contribution in [2.45, 2.75) is 31.5 Å². The lowest BCUT2D eigenvalue weighted by molar-refractivity contribution is 0.131. The molecule has 1 aliphatic rings. The number of hydrogen-bond acceptors (Lipinski definition) is 6. The first kappa shape index (κ1) is 21.0. The average Bonchev–Trinajstić information content (AvgIpc) is 3.16. The van der Waals surface area contributed by atoms with Gasteiger partial charge in [0.2, 0.25) is 0 Å². The van der Waals surface area contributed by atoms with E-state index < -0.39 is 10.0 Å². The maximum Gasteiger partial charge on any atom is 0.331 e. The second-order valence-electron chi connectivity index (χ2n) is 7.44. The zero-order valence-electron chi connectivity index (χ0n) is 17.4. The predicted molar refractivity (Wildman–Crippen MR) is 119 cm³/mol. The van der Waals surface area contributed by atoms with Crippen molar-refractivity contribution in [2.75, 3.05) is 13.7 Å². The Hall–Kier alpha value is -3.24. The van der Waals surface area contributed by atoms with Gasteiger partial charge in [0.1, 0.15) is 6.73 Å². The van der Waals surface area contributed by atoms with Gasteiger partial charge in [0.25, 0.3) is 10.0 Å². The largest absolute Gasteiger partial charge is 0.364 e. The monoisotopic (exact) mass is 441 g/mol. The van der Waals surface area contributed by atoms with E-state index in [2.05, 4.69) is 14.9 Å². The summed E-state index contributed by atoms with van der Waals surface area (Å²) in [6.07, 6.45) is 1.62. The minimum Gasteiger partial charge on any atom is -0.364 e. The van der Waals surface area contributed by atoms with Gasteiger partial charge in [-0.25, -0.2) is 4.79 Å². The fourth-order valence-corrected chi connectivity index (χ4v) is 4.94. The maximum absolute atomic E-state index is 12.7. The van der Waals surface area contributed by atoms with Crippen molar-refractivity contribution >= 4 is 33.0 Å². The number of fused-ring (bicyclic) bond motifs is 2. The fourth-order valence-electron chi connectivity index (χ4n) is 3.67. The molecule has 1 aromatic heterocycles. The predicted octanol–water partition coefficient (Wildman–Crippen LogP) is 2.10. The van der Waals surface area contributed by atoms with Crippen LogP contribution in [0.1, 0.15) is 31.0 Å². The first-order valence-electron chi connectivity index (χ1n) is 9.76. The summed E-state index contributed by atoms with van der Waals surface area (Å²) >= 11 is 0. The molecule has 0 amide bonds. The minimum absolute atomic E-state index is 0.0131. The number of nitrogens with one attached hydrogen (secondary N) is 1. The van der Waals surface area contributed by atoms with Crippen LogP contribution in [0, 0.1) is 0 Å². The molecule has 2 heterocycles. The van der Waals surface area contributed by atoms with Crippen LogP contribution in [0.4, 0.5) is 0 Å². The fraction of sp³-hybridized carbons (Fsp3) is 0.286. The van der Waals surface area contributed by atoms with Gasteiger partial charge in [0.05, 0.1) is 34.4 Å². The lowest BCUT2D eigenvalue weighted by Gasteiger charge is -2.07. The number of benzene rings is 2. The van der Waals surface area contributed by atoms with Crippen LogP contribution >= 0.6 is 0 Å². The van der Waals surface area contributed by atoms with Gasteiger partial charge in [-0.3, -0.25) is 9.13 Å². The van der Waals surface area contributed by atoms with Crippen LogP contribution < -0.4 is 11.1 Å². The van der Waals surface area contributed by atoms with E-state index in [0.717, 1.165) is 16.6 Å². The molecule has 0 saturated heterocycles. The minimum atomic E-state index is -3.64. The molecule has 9 nitrogen and oxygen atoms in total. The average molecular weight is 442 g/mol. The van der Waals surface area contributed by atoms with Crippen LogP contribution in [0.3, 0.4) is 0 Å². The topological polar surface area (TPSA) is 107 Å². The summed E-state index contributed by atoms with van der Waals surface area (Å²) in [5.41, 5.74) is 6.12. The van der Waals surface area contributed by atoms with Crippen LogP contribution in [-0.2, 0) is 21.5 Å². The molecule has 0 bridgehead atoms. The van der Waals surface area contributed by atoms with E-state index in [1.54, 1.807) is 46.7 Å². The number of hydrogen-bond donors (Lipinski definition) is 1. The van der Waals surface area contributed by atoms with Crippen molar-refractivity contribution in [3.05, 3.63) is 64.1 Å². The Morgan fingerprint density at radius 3 is 2.71 bits per heavy atom. The van der Waals surface area contributed by atoms with E-state index in [1.807, 2.05) is 32.0 Å². The van der Waals surface area contributed by atoms with E-state index in [4.69, 9.17) is 4.74 Å². The molecule has 0 unspecified atom stereocenters. The highest BCUT2D eigenvalue weighted by atomic mass is 32.2. The quantitative estimate of drug-likeness (QED) is 0.446. The molecule has 0 atom stereocenters. The smallest absolute Gasteiger partial charge is 0.331 e. The van der Waals surface area contributed by atoms with Gasteiger partial charge in [-0.05, 0) is 37.6 Å². The molecule has 31 heavy (non-hydrogen) atoms. The van der Waals surface area contributed by atoms with E-state index in [1.165, 1.54) is 0 Å². The van der Waals surface area contributed by atoms with Gasteiger partial charge in [-0.1, -0.05) is 24.3 Å². The molecule has 0 saturated carbocycles. The molecule has 2 aromatic carbocycles. The Kier molecular flexibility index (Phi) is 5.50. The molecular formula is C21H23N5O4S. The summed E-state index contributed by atoms with van der Waals surface area (Å²) in [5, 5.41) is 4.20. The number of aromatic nitrogens is 2. The molecule has 0 aliphatic carbocycles. The van der Waals surface area contributed by atoms with Crippen molar-refractivity contribution in [1.82, 2.24) is 14.6 Å². The molecule has 0 fully saturated rings. The standard InChI is InChI=1S/C21H23N5O4S/c1-14(2)26-19-10-15(8-9-18(19)25(13-30-3)21(26)27)11-22-23-12-17-16-6-4-5-7-20(16)31(28,29)24-17/h4-11,14,23H,12-13H2,1-3H3/b22-11+. The zero-order chi connectivity index (χ0) is 22.2. The highest BCUT2D eigenvalue weighted by molar-refractivity contribution is 7.90. The number of imidazole rings is 1. The summed E-state index contributed by atoms with van der Waals surface area (Å²) in [5.74, 6) is 0. The number of methoxy groups -OCH3 is 1. The maximum atomic E-state index is 12.7. The van der Waals surface area contributed by atoms with Gasteiger partial charge >= 0.3 is 5.69 Å². The lowest BCUT2D eigenvalue weighted by atomic mass is 10.1. The zero-order valence-corrected chi connectivity index (χ0v) is 18.3. The highest BCUT2D eigenvalue weighted by Crippen LogP contribution is 2.25.